The van der Waals surface area contributed by atoms with Crippen LogP contribution < -0.4 is 0 Å². The number of fused-ring (bicyclic) bond motifs is 3. The second-order valence-corrected chi connectivity index (χ2v) is 28.5. The van der Waals surface area contributed by atoms with Crippen LogP contribution in [0.25, 0.3) is 11.1 Å². The van der Waals surface area contributed by atoms with Crippen LogP contribution in [0.1, 0.15) is 50.4 Å². The van der Waals surface area contributed by atoms with Crippen molar-refractivity contribution in [1.82, 2.24) is 0 Å². The molecule has 4 aromatic carbocycles. The molecule has 0 heterocycles. The van der Waals surface area contributed by atoms with E-state index in [1.54, 1.807) is 6.49 Å². The summed E-state index contributed by atoms with van der Waals surface area (Å²) in [4.78, 5) is 0. The van der Waals surface area contributed by atoms with Crippen molar-refractivity contribution in [3.8, 4) is 11.1 Å². The molecule has 0 saturated carbocycles. The summed E-state index contributed by atoms with van der Waals surface area (Å²) in [5.74, 6) is 0. The van der Waals surface area contributed by atoms with Crippen molar-refractivity contribution >= 4 is 3.21 Å². The fraction of sp³-hybridized carbons (Fsp3) is 0.194. The monoisotopic (exact) mass is 558 g/mol. The zero-order valence-electron chi connectivity index (χ0n) is 22.7. The molecular weight excluding hydrogens is 524 g/mol. The number of aryl methyl sites for hydroxylation is 2. The van der Waals surface area contributed by atoms with Crippen LogP contribution in [0.15, 0.2) is 118 Å². The Balaban J connectivity index is 1.86. The number of hydrogen-bond donors (Lipinski definition) is 0. The number of rotatable bonds is 4. The first kappa shape index (κ1) is 24.4. The molecule has 0 N–H and O–H groups in total. The summed E-state index contributed by atoms with van der Waals surface area (Å²) in [6.07, 6.45) is 6.07. The van der Waals surface area contributed by atoms with E-state index in [-0.39, 0.29) is 0 Å². The molecule has 0 nitrogen and oxygen atoms in total. The van der Waals surface area contributed by atoms with Crippen LogP contribution in [-0.4, -0.2) is 3.21 Å². The molecule has 0 spiro atoms. The van der Waals surface area contributed by atoms with E-state index in [0.717, 1.165) is 6.42 Å². The summed E-state index contributed by atoms with van der Waals surface area (Å²) in [5.41, 5.74) is 12.8. The standard InChI is InChI=1S/C15H13.C13H10.C6H7.2CH3.Zr/c1-10-3-5-14-12(7-10)9-13-8-11(2)4-6-15(13)14;1-3-7-12(8-4-1)11-13-9-5-2-6-10-13;1-6-4-2-3-5-6;;;/h3-9H,1-2H3;1-10H;4-5H,2H2,1H3;2*1H3;. The van der Waals surface area contributed by atoms with E-state index >= 15 is 0 Å². The van der Waals surface area contributed by atoms with Gasteiger partial charge in [0.25, 0.3) is 0 Å². The number of benzene rings is 4. The maximum absolute atomic E-state index is 4.18. The Bertz CT molecular complexity index is 1560. The molecular formula is C36H36Zr. The summed E-state index contributed by atoms with van der Waals surface area (Å²) in [6.45, 7) is 6.78. The van der Waals surface area contributed by atoms with Crippen LogP contribution in [0.3, 0.4) is 0 Å². The second kappa shape index (κ2) is 8.85. The van der Waals surface area contributed by atoms with Gasteiger partial charge in [-0.15, -0.1) is 0 Å². The average molecular weight is 560 g/mol. The van der Waals surface area contributed by atoms with Crippen LogP contribution in [0.5, 0.6) is 0 Å². The van der Waals surface area contributed by atoms with Crippen molar-refractivity contribution in [3.05, 3.63) is 151 Å². The SMILES string of the molecule is CC1=CC[C]([Zr]([CH3])([CH3])(=[C](c2ccccc2)c2ccccc2)[CH]2c3cc(C)ccc3-c3ccc(C)cc32)=C1. The van der Waals surface area contributed by atoms with Crippen molar-refractivity contribution in [2.75, 3.05) is 0 Å². The van der Waals surface area contributed by atoms with E-state index in [4.69, 9.17) is 0 Å². The van der Waals surface area contributed by atoms with Crippen LogP contribution in [0.4, 0.5) is 0 Å². The predicted molar refractivity (Wildman–Crippen MR) is 157 cm³/mol. The summed E-state index contributed by atoms with van der Waals surface area (Å²) in [6, 6.07) is 36.9. The topological polar surface area (TPSA) is 0 Å². The van der Waals surface area contributed by atoms with E-state index < -0.39 is 18.3 Å². The molecule has 37 heavy (non-hydrogen) atoms. The summed E-state index contributed by atoms with van der Waals surface area (Å²) in [7, 11) is 0. The van der Waals surface area contributed by atoms with Gasteiger partial charge < -0.3 is 0 Å². The minimum atomic E-state index is -4.18. The Morgan fingerprint density at radius 1 is 0.649 bits per heavy atom. The maximum atomic E-state index is 2.74. The molecule has 0 fully saturated rings. The normalized spacial score (nSPS) is 15.2. The van der Waals surface area contributed by atoms with Gasteiger partial charge in [-0.1, -0.05) is 0 Å². The van der Waals surface area contributed by atoms with Crippen LogP contribution in [0.2, 0.25) is 9.26 Å². The zero-order chi connectivity index (χ0) is 25.8. The summed E-state index contributed by atoms with van der Waals surface area (Å²) >= 11 is -4.18. The number of allylic oxidation sites excluding steroid dienone is 4. The van der Waals surface area contributed by atoms with Crippen molar-refractivity contribution in [1.29, 1.82) is 0 Å². The third-order valence-electron chi connectivity index (χ3n) is 9.12. The average Bonchev–Trinajstić information content (AvgIpc) is 3.47. The Morgan fingerprint density at radius 2 is 1.14 bits per heavy atom. The van der Waals surface area contributed by atoms with Gasteiger partial charge >= 0.3 is 224 Å². The molecule has 1 heteroatoms. The Labute approximate surface area is 223 Å². The predicted octanol–water partition coefficient (Wildman–Crippen LogP) is 9.66. The van der Waals surface area contributed by atoms with Crippen LogP contribution >= 0.6 is 0 Å². The Kier molecular flexibility index (Phi) is 5.85. The molecule has 0 bridgehead atoms. The van der Waals surface area contributed by atoms with Crippen molar-refractivity contribution in [3.63, 3.8) is 0 Å². The summed E-state index contributed by atoms with van der Waals surface area (Å²) in [5, 5.41) is 0. The molecule has 4 aromatic rings. The molecule has 0 unspecified atom stereocenters. The zero-order valence-corrected chi connectivity index (χ0v) is 25.1. The van der Waals surface area contributed by atoms with Crippen LogP contribution in [0, 0.1) is 13.8 Å². The Morgan fingerprint density at radius 3 is 1.57 bits per heavy atom. The van der Waals surface area contributed by atoms with Gasteiger partial charge in [0.05, 0.1) is 0 Å². The molecule has 0 saturated heterocycles. The van der Waals surface area contributed by atoms with Gasteiger partial charge in [0.15, 0.2) is 0 Å². The van der Waals surface area contributed by atoms with Gasteiger partial charge in [-0.2, -0.15) is 0 Å². The second-order valence-electron chi connectivity index (χ2n) is 12.0. The van der Waals surface area contributed by atoms with Crippen LogP contribution in [-0.2, 0) is 18.3 Å². The molecule has 184 valence electrons. The van der Waals surface area contributed by atoms with Crippen molar-refractivity contribution in [2.24, 2.45) is 0 Å². The third kappa shape index (κ3) is 3.78. The van der Waals surface area contributed by atoms with E-state index in [0.29, 0.717) is 3.63 Å². The fourth-order valence-electron chi connectivity index (χ4n) is 7.39. The fourth-order valence-corrected chi connectivity index (χ4v) is 24.2. The molecule has 6 rings (SSSR count). The van der Waals surface area contributed by atoms with Gasteiger partial charge in [0, 0.05) is 0 Å². The minimum absolute atomic E-state index is 0.382. The molecule has 0 radical (unpaired) electrons. The first-order valence-electron chi connectivity index (χ1n) is 13.5. The summed E-state index contributed by atoms with van der Waals surface area (Å²) < 4.78 is 9.15. The quantitative estimate of drug-likeness (QED) is 0.233. The van der Waals surface area contributed by atoms with E-state index in [9.17, 15) is 0 Å². The van der Waals surface area contributed by atoms with E-state index in [2.05, 4.69) is 139 Å². The van der Waals surface area contributed by atoms with Gasteiger partial charge in [0.1, 0.15) is 0 Å². The van der Waals surface area contributed by atoms with Gasteiger partial charge in [-0.25, -0.2) is 0 Å². The molecule has 2 aliphatic rings. The van der Waals surface area contributed by atoms with E-state index in [1.807, 2.05) is 0 Å². The number of hydrogen-bond acceptors (Lipinski definition) is 0. The Hall–Kier alpha value is -2.89. The van der Waals surface area contributed by atoms with Gasteiger partial charge in [-0.3, -0.25) is 0 Å². The van der Waals surface area contributed by atoms with Gasteiger partial charge in [0.2, 0.25) is 0 Å². The van der Waals surface area contributed by atoms with Crippen molar-refractivity contribution < 1.29 is 18.3 Å². The molecule has 0 aliphatic heterocycles. The third-order valence-corrected chi connectivity index (χ3v) is 25.8. The van der Waals surface area contributed by atoms with Gasteiger partial charge in [-0.05, 0) is 0 Å². The molecule has 0 aromatic heterocycles. The van der Waals surface area contributed by atoms with E-state index in [1.165, 1.54) is 50.1 Å². The first-order chi connectivity index (χ1) is 17.8. The molecule has 0 amide bonds. The molecule has 2 aliphatic carbocycles. The molecule has 0 atom stereocenters. The van der Waals surface area contributed by atoms with Crippen molar-refractivity contribution in [2.45, 2.75) is 40.1 Å². The first-order valence-corrected chi connectivity index (χ1v) is 22.3.